The van der Waals surface area contributed by atoms with Crippen LogP contribution >= 0.6 is 0 Å². The largest absolute Gasteiger partial charge is 0.456 e. The van der Waals surface area contributed by atoms with E-state index >= 15 is 0 Å². The number of aromatic nitrogens is 2. The van der Waals surface area contributed by atoms with E-state index in [-0.39, 0.29) is 0 Å². The fourth-order valence-corrected chi connectivity index (χ4v) is 4.80. The molecule has 0 aliphatic rings. The average molecular weight is 422 g/mol. The number of pyridine rings is 2. The van der Waals surface area contributed by atoms with E-state index in [1.807, 2.05) is 42.5 Å². The lowest BCUT2D eigenvalue weighted by molar-refractivity contribution is 0.669. The van der Waals surface area contributed by atoms with Crippen molar-refractivity contribution in [3.05, 3.63) is 109 Å². The predicted molar refractivity (Wildman–Crippen MR) is 135 cm³/mol. The Morgan fingerprint density at radius 3 is 2.03 bits per heavy atom. The van der Waals surface area contributed by atoms with Gasteiger partial charge in [-0.05, 0) is 35.7 Å². The molecule has 4 aromatic carbocycles. The number of furan rings is 1. The minimum atomic E-state index is 0.860. The van der Waals surface area contributed by atoms with Crippen LogP contribution in [0.25, 0.3) is 66.3 Å². The molecule has 0 N–H and O–H groups in total. The molecular formula is C30H18N2O. The fraction of sp³-hybridized carbons (Fsp3) is 0. The van der Waals surface area contributed by atoms with Crippen molar-refractivity contribution in [1.29, 1.82) is 0 Å². The Morgan fingerprint density at radius 1 is 0.455 bits per heavy atom. The van der Waals surface area contributed by atoms with Gasteiger partial charge in [-0.2, -0.15) is 0 Å². The first-order valence-electron chi connectivity index (χ1n) is 11.0. The van der Waals surface area contributed by atoms with Gasteiger partial charge in [-0.15, -0.1) is 0 Å². The minimum absolute atomic E-state index is 0.860. The summed E-state index contributed by atoms with van der Waals surface area (Å²) in [6.45, 7) is 0. The quantitative estimate of drug-likeness (QED) is 0.265. The maximum Gasteiger partial charge on any atom is 0.136 e. The summed E-state index contributed by atoms with van der Waals surface area (Å²) in [5.41, 5.74) is 6.46. The first-order chi connectivity index (χ1) is 16.4. The lowest BCUT2D eigenvalue weighted by Gasteiger charge is -2.11. The molecule has 0 saturated heterocycles. The molecule has 3 nitrogen and oxygen atoms in total. The fourth-order valence-electron chi connectivity index (χ4n) is 4.80. The summed E-state index contributed by atoms with van der Waals surface area (Å²) in [5, 5.41) is 5.64. The third kappa shape index (κ3) is 2.76. The Hall–Kier alpha value is -4.50. The van der Waals surface area contributed by atoms with Crippen LogP contribution in [0.5, 0.6) is 0 Å². The molecule has 3 heteroatoms. The van der Waals surface area contributed by atoms with Crippen LogP contribution in [-0.2, 0) is 0 Å². The summed E-state index contributed by atoms with van der Waals surface area (Å²) < 4.78 is 6.10. The van der Waals surface area contributed by atoms with Crippen molar-refractivity contribution in [2.24, 2.45) is 0 Å². The molecule has 0 bridgehead atoms. The SMILES string of the molecule is c1cc(-c2nc3ccccc3c3ccccc23)nc(-c2cccc3oc4ccccc4c23)c1. The molecule has 3 aromatic heterocycles. The second-order valence-corrected chi connectivity index (χ2v) is 8.21. The molecule has 0 amide bonds. The molecule has 3 heterocycles. The number of para-hydroxylation sites is 2. The first kappa shape index (κ1) is 18.1. The number of nitrogens with zero attached hydrogens (tertiary/aromatic N) is 2. The van der Waals surface area contributed by atoms with E-state index in [0.717, 1.165) is 60.9 Å². The third-order valence-electron chi connectivity index (χ3n) is 6.28. The molecule has 0 aliphatic carbocycles. The van der Waals surface area contributed by atoms with Gasteiger partial charge in [0.1, 0.15) is 11.2 Å². The number of hydrogen-bond donors (Lipinski definition) is 0. The first-order valence-corrected chi connectivity index (χ1v) is 11.0. The van der Waals surface area contributed by atoms with Crippen molar-refractivity contribution in [3.8, 4) is 22.6 Å². The van der Waals surface area contributed by atoms with E-state index in [1.165, 1.54) is 5.39 Å². The third-order valence-corrected chi connectivity index (χ3v) is 6.28. The van der Waals surface area contributed by atoms with Gasteiger partial charge in [0.15, 0.2) is 0 Å². The van der Waals surface area contributed by atoms with Crippen LogP contribution in [0.4, 0.5) is 0 Å². The van der Waals surface area contributed by atoms with Gasteiger partial charge in [-0.25, -0.2) is 9.97 Å². The van der Waals surface area contributed by atoms with Crippen molar-refractivity contribution < 1.29 is 4.42 Å². The maximum absolute atomic E-state index is 6.10. The highest BCUT2D eigenvalue weighted by Crippen LogP contribution is 2.37. The molecule has 0 radical (unpaired) electrons. The van der Waals surface area contributed by atoms with Crippen molar-refractivity contribution in [1.82, 2.24) is 9.97 Å². The molecule has 154 valence electrons. The van der Waals surface area contributed by atoms with Gasteiger partial charge in [0.25, 0.3) is 0 Å². The standard InChI is InChI=1S/C30H18N2O/c1-2-11-21-19(9-1)20-10-3-5-14-24(20)32-30(21)26-16-8-15-25(31-26)22-13-7-18-28-29(22)23-12-4-6-17-27(23)33-28/h1-18H. The van der Waals surface area contributed by atoms with Crippen molar-refractivity contribution in [2.75, 3.05) is 0 Å². The summed E-state index contributed by atoms with van der Waals surface area (Å²) in [7, 11) is 0. The topological polar surface area (TPSA) is 38.9 Å². The lowest BCUT2D eigenvalue weighted by atomic mass is 10.0. The van der Waals surface area contributed by atoms with Gasteiger partial charge in [-0.3, -0.25) is 0 Å². The smallest absolute Gasteiger partial charge is 0.136 e. The zero-order valence-corrected chi connectivity index (χ0v) is 17.7. The molecule has 33 heavy (non-hydrogen) atoms. The van der Waals surface area contributed by atoms with Crippen molar-refractivity contribution in [3.63, 3.8) is 0 Å². The van der Waals surface area contributed by atoms with E-state index < -0.39 is 0 Å². The van der Waals surface area contributed by atoms with Crippen LogP contribution in [0, 0.1) is 0 Å². The Balaban J connectivity index is 1.50. The summed E-state index contributed by atoms with van der Waals surface area (Å²) in [4.78, 5) is 10.1. The Kier molecular flexibility index (Phi) is 3.84. The number of fused-ring (bicyclic) bond motifs is 6. The van der Waals surface area contributed by atoms with E-state index in [9.17, 15) is 0 Å². The van der Waals surface area contributed by atoms with E-state index in [0.29, 0.717) is 0 Å². The summed E-state index contributed by atoms with van der Waals surface area (Å²) >= 11 is 0. The Morgan fingerprint density at radius 2 is 1.12 bits per heavy atom. The van der Waals surface area contributed by atoms with E-state index in [4.69, 9.17) is 14.4 Å². The molecule has 7 rings (SSSR count). The van der Waals surface area contributed by atoms with E-state index in [2.05, 4.69) is 66.7 Å². The lowest BCUT2D eigenvalue weighted by Crippen LogP contribution is -1.93. The Bertz CT molecular complexity index is 1830. The van der Waals surface area contributed by atoms with Crippen LogP contribution < -0.4 is 0 Å². The van der Waals surface area contributed by atoms with Crippen LogP contribution in [0.15, 0.2) is 114 Å². The minimum Gasteiger partial charge on any atom is -0.456 e. The number of rotatable bonds is 2. The summed E-state index contributed by atoms with van der Waals surface area (Å²) in [5.74, 6) is 0. The van der Waals surface area contributed by atoms with Crippen molar-refractivity contribution in [2.45, 2.75) is 0 Å². The molecule has 0 fully saturated rings. The van der Waals surface area contributed by atoms with E-state index in [1.54, 1.807) is 0 Å². The molecule has 0 unspecified atom stereocenters. The van der Waals surface area contributed by atoms with Gasteiger partial charge in [-0.1, -0.05) is 78.9 Å². The number of hydrogen-bond acceptors (Lipinski definition) is 3. The zero-order chi connectivity index (χ0) is 21.8. The highest BCUT2D eigenvalue weighted by atomic mass is 16.3. The molecular weight excluding hydrogens is 404 g/mol. The van der Waals surface area contributed by atoms with Crippen molar-refractivity contribution >= 4 is 43.6 Å². The van der Waals surface area contributed by atoms with Gasteiger partial charge >= 0.3 is 0 Å². The van der Waals surface area contributed by atoms with Gasteiger partial charge in [0.2, 0.25) is 0 Å². The predicted octanol–water partition coefficient (Wildman–Crippen LogP) is 8.02. The molecule has 0 saturated carbocycles. The summed E-state index contributed by atoms with van der Waals surface area (Å²) in [6, 6.07) is 37.2. The second-order valence-electron chi connectivity index (χ2n) is 8.21. The van der Waals surface area contributed by atoms with Gasteiger partial charge in [0, 0.05) is 27.1 Å². The summed E-state index contributed by atoms with van der Waals surface area (Å²) in [6.07, 6.45) is 0. The van der Waals surface area contributed by atoms with Gasteiger partial charge < -0.3 is 4.42 Å². The van der Waals surface area contributed by atoms with Gasteiger partial charge in [0.05, 0.1) is 22.6 Å². The van der Waals surface area contributed by atoms with Crippen LogP contribution in [-0.4, -0.2) is 9.97 Å². The monoisotopic (exact) mass is 422 g/mol. The highest BCUT2D eigenvalue weighted by molar-refractivity contribution is 6.13. The van der Waals surface area contributed by atoms with Crippen LogP contribution in [0.3, 0.4) is 0 Å². The van der Waals surface area contributed by atoms with Crippen LogP contribution in [0.1, 0.15) is 0 Å². The molecule has 0 spiro atoms. The highest BCUT2D eigenvalue weighted by Gasteiger charge is 2.15. The normalized spacial score (nSPS) is 11.6. The second kappa shape index (κ2) is 7.01. The van der Waals surface area contributed by atoms with Crippen LogP contribution in [0.2, 0.25) is 0 Å². The molecule has 0 aliphatic heterocycles. The molecule has 0 atom stereocenters. The zero-order valence-electron chi connectivity index (χ0n) is 17.7. The Labute approximate surface area is 190 Å². The maximum atomic E-state index is 6.10. The number of benzene rings is 4. The molecule has 7 aromatic rings. The average Bonchev–Trinajstić information content (AvgIpc) is 3.27.